The zero-order chi connectivity index (χ0) is 26.0. The van der Waals surface area contributed by atoms with Crippen molar-refractivity contribution in [1.82, 2.24) is 0 Å². The predicted molar refractivity (Wildman–Crippen MR) is 139 cm³/mol. The van der Waals surface area contributed by atoms with Crippen molar-refractivity contribution in [1.29, 1.82) is 0 Å². The Hall–Kier alpha value is -4.30. The molecule has 0 aromatic heterocycles. The van der Waals surface area contributed by atoms with Crippen molar-refractivity contribution in [2.24, 2.45) is 0 Å². The summed E-state index contributed by atoms with van der Waals surface area (Å²) < 4.78 is 10.5. The second-order valence-corrected chi connectivity index (χ2v) is 8.50. The van der Waals surface area contributed by atoms with Gasteiger partial charge in [0, 0.05) is 17.3 Å². The van der Waals surface area contributed by atoms with Crippen LogP contribution >= 0.6 is 11.6 Å². The molecule has 1 aliphatic heterocycles. The fraction of sp³-hybridized carbons (Fsp3) is 0.148. The number of rotatable bonds is 7. The molecule has 4 rings (SSSR count). The molecule has 1 heterocycles. The first-order chi connectivity index (χ1) is 17.2. The third-order valence-electron chi connectivity index (χ3n) is 5.85. The van der Waals surface area contributed by atoms with Gasteiger partial charge >= 0.3 is 0 Å². The van der Waals surface area contributed by atoms with Crippen molar-refractivity contribution in [3.8, 4) is 11.5 Å². The van der Waals surface area contributed by atoms with Crippen LogP contribution in [-0.2, 0) is 9.59 Å². The maximum Gasteiger partial charge on any atom is 0.283 e. The number of hydrogen-bond acceptors (Lipinski definition) is 6. The largest absolute Gasteiger partial charge is 0.497 e. The molecule has 3 aromatic carbocycles. The van der Waals surface area contributed by atoms with Crippen LogP contribution in [0.4, 0.5) is 17.1 Å². The number of carbonyl (C=O) groups excluding carboxylic acids is 3. The van der Waals surface area contributed by atoms with Gasteiger partial charge in [0.05, 0.1) is 25.6 Å². The summed E-state index contributed by atoms with van der Waals surface area (Å²) in [6, 6.07) is 16.8. The van der Waals surface area contributed by atoms with Gasteiger partial charge in [-0.05, 0) is 73.5 Å². The highest BCUT2D eigenvalue weighted by Gasteiger charge is 2.39. The van der Waals surface area contributed by atoms with E-state index in [-0.39, 0.29) is 16.6 Å². The number of nitrogens with zero attached hydrogens (tertiary/aromatic N) is 1. The summed E-state index contributed by atoms with van der Waals surface area (Å²) in [5.41, 5.74) is 3.73. The second kappa shape index (κ2) is 10.1. The van der Waals surface area contributed by atoms with Gasteiger partial charge in [-0.3, -0.25) is 14.4 Å². The molecule has 8 nitrogen and oxygen atoms in total. The lowest BCUT2D eigenvalue weighted by molar-refractivity contribution is -0.120. The lowest BCUT2D eigenvalue weighted by Crippen LogP contribution is -2.32. The number of methoxy groups -OCH3 is 2. The van der Waals surface area contributed by atoms with Gasteiger partial charge in [-0.1, -0.05) is 17.7 Å². The van der Waals surface area contributed by atoms with Gasteiger partial charge < -0.3 is 20.1 Å². The molecule has 9 heteroatoms. The number of imide groups is 1. The smallest absolute Gasteiger partial charge is 0.283 e. The lowest BCUT2D eigenvalue weighted by atomic mass is 10.1. The van der Waals surface area contributed by atoms with Crippen LogP contribution in [0.15, 0.2) is 71.4 Å². The summed E-state index contributed by atoms with van der Waals surface area (Å²) in [6.45, 7) is 3.85. The Kier molecular flexibility index (Phi) is 6.98. The Morgan fingerprint density at radius 1 is 0.861 bits per heavy atom. The van der Waals surface area contributed by atoms with Crippen molar-refractivity contribution >= 4 is 46.4 Å². The predicted octanol–water partition coefficient (Wildman–Crippen LogP) is 5.01. The number of aryl methyl sites for hydroxylation is 2. The maximum atomic E-state index is 13.0. The van der Waals surface area contributed by atoms with E-state index in [9.17, 15) is 14.4 Å². The average molecular weight is 506 g/mol. The molecule has 36 heavy (non-hydrogen) atoms. The van der Waals surface area contributed by atoms with E-state index in [0.717, 1.165) is 16.0 Å². The number of hydrogen-bond donors (Lipinski definition) is 2. The molecule has 0 aliphatic carbocycles. The average Bonchev–Trinajstić information content (AvgIpc) is 3.09. The molecule has 0 unspecified atom stereocenters. The molecule has 1 aliphatic rings. The van der Waals surface area contributed by atoms with E-state index in [1.165, 1.54) is 14.2 Å². The molecule has 3 amide bonds. The molecular formula is C27H24ClN3O5. The van der Waals surface area contributed by atoms with Gasteiger partial charge in [0.1, 0.15) is 22.2 Å². The lowest BCUT2D eigenvalue weighted by Gasteiger charge is -2.16. The number of nitrogens with one attached hydrogen (secondary N) is 2. The zero-order valence-corrected chi connectivity index (χ0v) is 20.9. The highest BCUT2D eigenvalue weighted by molar-refractivity contribution is 6.53. The van der Waals surface area contributed by atoms with Crippen LogP contribution in [0.3, 0.4) is 0 Å². The fourth-order valence-electron chi connectivity index (χ4n) is 3.67. The molecule has 3 aromatic rings. The van der Waals surface area contributed by atoms with E-state index in [4.69, 9.17) is 21.1 Å². The van der Waals surface area contributed by atoms with Gasteiger partial charge in [0.15, 0.2) is 0 Å². The molecular weight excluding hydrogens is 482 g/mol. The summed E-state index contributed by atoms with van der Waals surface area (Å²) >= 11 is 6.23. The molecule has 2 N–H and O–H groups in total. The van der Waals surface area contributed by atoms with Gasteiger partial charge in [-0.2, -0.15) is 0 Å². The van der Waals surface area contributed by atoms with Crippen molar-refractivity contribution < 1.29 is 23.9 Å². The Bertz CT molecular complexity index is 1400. The van der Waals surface area contributed by atoms with Crippen molar-refractivity contribution in [3.63, 3.8) is 0 Å². The third-order valence-corrected chi connectivity index (χ3v) is 6.20. The minimum atomic E-state index is -0.601. The standard InChI is InChI=1S/C27H24ClN3O5/c1-15-5-10-19(13-16(15)2)31-26(33)23(28)24(27(31)34)29-18-8-6-17(7-9-18)25(32)30-21-14-20(35-3)11-12-22(21)36-4/h5-14,29H,1-4H3,(H,30,32). The normalized spacial score (nSPS) is 13.2. The number of anilines is 3. The number of ether oxygens (including phenoxy) is 2. The van der Waals surface area contributed by atoms with Crippen LogP contribution in [0.25, 0.3) is 0 Å². The van der Waals surface area contributed by atoms with Gasteiger partial charge in [0.2, 0.25) is 0 Å². The Balaban J connectivity index is 1.49. The summed E-state index contributed by atoms with van der Waals surface area (Å²) in [5.74, 6) is -0.461. The molecule has 0 saturated heterocycles. The van der Waals surface area contributed by atoms with Gasteiger partial charge in [-0.15, -0.1) is 0 Å². The SMILES string of the molecule is COc1ccc(OC)c(NC(=O)c2ccc(NC3=C(Cl)C(=O)N(c4ccc(C)c(C)c4)C3=O)cc2)c1. The Morgan fingerprint density at radius 2 is 1.58 bits per heavy atom. The first-order valence-electron chi connectivity index (χ1n) is 11.0. The van der Waals surface area contributed by atoms with Gasteiger partial charge in [-0.25, -0.2) is 4.90 Å². The fourth-order valence-corrected chi connectivity index (χ4v) is 3.88. The van der Waals surface area contributed by atoms with E-state index in [1.54, 1.807) is 54.6 Å². The Morgan fingerprint density at radius 3 is 2.22 bits per heavy atom. The van der Waals surface area contributed by atoms with E-state index < -0.39 is 11.8 Å². The highest BCUT2D eigenvalue weighted by Crippen LogP contribution is 2.32. The Labute approximate surface area is 213 Å². The molecule has 0 fully saturated rings. The van der Waals surface area contributed by atoms with Crippen LogP contribution in [0.2, 0.25) is 0 Å². The number of benzene rings is 3. The molecule has 0 bridgehead atoms. The van der Waals surface area contributed by atoms with Crippen LogP contribution in [0.5, 0.6) is 11.5 Å². The summed E-state index contributed by atoms with van der Waals surface area (Å²) in [7, 11) is 3.04. The van der Waals surface area contributed by atoms with E-state index in [1.807, 2.05) is 19.9 Å². The van der Waals surface area contributed by atoms with Crippen LogP contribution < -0.4 is 25.0 Å². The van der Waals surface area contributed by atoms with Crippen molar-refractivity contribution in [2.45, 2.75) is 13.8 Å². The van der Waals surface area contributed by atoms with Crippen molar-refractivity contribution in [3.05, 3.63) is 88.1 Å². The number of amides is 3. The summed E-state index contributed by atoms with van der Waals surface area (Å²) in [5, 5.41) is 5.51. The minimum absolute atomic E-state index is 0.0294. The molecule has 0 radical (unpaired) electrons. The monoisotopic (exact) mass is 505 g/mol. The maximum absolute atomic E-state index is 13.0. The molecule has 184 valence electrons. The van der Waals surface area contributed by atoms with Gasteiger partial charge in [0.25, 0.3) is 17.7 Å². The van der Waals surface area contributed by atoms with Crippen LogP contribution in [0.1, 0.15) is 21.5 Å². The zero-order valence-electron chi connectivity index (χ0n) is 20.1. The van der Waals surface area contributed by atoms with Crippen LogP contribution in [0, 0.1) is 13.8 Å². The third kappa shape index (κ3) is 4.76. The summed E-state index contributed by atoms with van der Waals surface area (Å²) in [4.78, 5) is 39.6. The van der Waals surface area contributed by atoms with Crippen molar-refractivity contribution in [2.75, 3.05) is 29.8 Å². The number of carbonyl (C=O) groups is 3. The van der Waals surface area contributed by atoms with E-state index >= 15 is 0 Å². The second-order valence-electron chi connectivity index (χ2n) is 8.13. The van der Waals surface area contributed by atoms with E-state index in [0.29, 0.717) is 34.1 Å². The molecule has 0 atom stereocenters. The topological polar surface area (TPSA) is 97.0 Å². The number of halogens is 1. The quantitative estimate of drug-likeness (QED) is 0.438. The first-order valence-corrected chi connectivity index (χ1v) is 11.4. The van der Waals surface area contributed by atoms with Crippen LogP contribution in [-0.4, -0.2) is 31.9 Å². The molecule has 0 saturated carbocycles. The highest BCUT2D eigenvalue weighted by atomic mass is 35.5. The summed E-state index contributed by atoms with van der Waals surface area (Å²) in [6.07, 6.45) is 0. The minimum Gasteiger partial charge on any atom is -0.497 e. The first kappa shape index (κ1) is 24.8. The molecule has 0 spiro atoms. The van der Waals surface area contributed by atoms with E-state index in [2.05, 4.69) is 10.6 Å².